The molecule has 1 atom stereocenters. The van der Waals surface area contributed by atoms with Crippen molar-refractivity contribution >= 4 is 42.2 Å². The molecule has 2 aromatic heterocycles. The van der Waals surface area contributed by atoms with Crippen LogP contribution in [0.25, 0.3) is 27.7 Å². The van der Waals surface area contributed by atoms with Gasteiger partial charge in [-0.05, 0) is 84.3 Å². The molecule has 0 spiro atoms. The molecule has 200 valence electrons. The lowest BCUT2D eigenvalue weighted by atomic mass is 10.0. The van der Waals surface area contributed by atoms with Crippen LogP contribution in [0.1, 0.15) is 11.3 Å². The monoisotopic (exact) mass is 582 g/mol. The first kappa shape index (κ1) is 28.4. The zero-order valence-corrected chi connectivity index (χ0v) is 24.2. The summed E-state index contributed by atoms with van der Waals surface area (Å²) in [5, 5.41) is 1.23. The molecule has 0 aliphatic heterocycles. The van der Waals surface area contributed by atoms with Crippen LogP contribution in [0.3, 0.4) is 0 Å². The maximum absolute atomic E-state index is 13.2. The molecular formula is C29H25ClFN2O4PS. The molecule has 5 aromatic rings. The number of sulfone groups is 1. The van der Waals surface area contributed by atoms with Gasteiger partial charge in [0.05, 0.1) is 40.9 Å². The van der Waals surface area contributed by atoms with Crippen molar-refractivity contribution in [2.45, 2.75) is 17.6 Å². The van der Waals surface area contributed by atoms with Crippen molar-refractivity contribution in [2.24, 2.45) is 0 Å². The predicted molar refractivity (Wildman–Crippen MR) is 157 cm³/mol. The van der Waals surface area contributed by atoms with E-state index in [4.69, 9.17) is 16.3 Å². The van der Waals surface area contributed by atoms with E-state index in [1.807, 2.05) is 37.3 Å². The highest BCUT2D eigenvalue weighted by Gasteiger charge is 2.19. The highest BCUT2D eigenvalue weighted by atomic mass is 35.5. The highest BCUT2D eigenvalue weighted by Crippen LogP contribution is 2.32. The van der Waals surface area contributed by atoms with Crippen LogP contribution in [-0.2, 0) is 15.6 Å². The molecule has 0 N–H and O–H groups in total. The van der Waals surface area contributed by atoms with Crippen molar-refractivity contribution in [1.82, 2.24) is 9.55 Å². The summed E-state index contributed by atoms with van der Waals surface area (Å²) in [4.78, 5) is 16.9. The second-order valence-corrected chi connectivity index (χ2v) is 11.2. The summed E-state index contributed by atoms with van der Waals surface area (Å²) < 4.78 is 46.4. The van der Waals surface area contributed by atoms with Crippen LogP contribution in [0.2, 0.25) is 5.02 Å². The lowest BCUT2D eigenvalue weighted by Gasteiger charge is -2.16. The number of benzene rings is 3. The van der Waals surface area contributed by atoms with Crippen molar-refractivity contribution in [1.29, 1.82) is 0 Å². The van der Waals surface area contributed by atoms with Gasteiger partial charge in [-0.1, -0.05) is 23.7 Å². The third kappa shape index (κ3) is 5.74. The number of aromatic nitrogens is 2. The number of fused-ring (bicyclic) bond motifs is 1. The van der Waals surface area contributed by atoms with Crippen LogP contribution in [0, 0.1) is 12.7 Å². The summed E-state index contributed by atoms with van der Waals surface area (Å²) in [5.74, 6) is -0.442. The number of nitrogens with zero attached hydrogens (tertiary/aromatic N) is 2. The fraction of sp³-hybridized carbons (Fsp3) is 0.103. The molecule has 1 unspecified atom stereocenters. The molecular weight excluding hydrogens is 558 g/mol. The topological polar surface area (TPSA) is 78.3 Å². The van der Waals surface area contributed by atoms with E-state index in [1.54, 1.807) is 18.2 Å². The van der Waals surface area contributed by atoms with Gasteiger partial charge in [0.15, 0.2) is 9.84 Å². The molecule has 0 radical (unpaired) electrons. The number of ether oxygens (including phenoxy) is 1. The number of halogens is 2. The van der Waals surface area contributed by atoms with Crippen molar-refractivity contribution < 1.29 is 17.5 Å². The summed E-state index contributed by atoms with van der Waals surface area (Å²) in [6.07, 6.45) is 0.983. The number of pyridine rings is 2. The Hall–Kier alpha value is -3.58. The fourth-order valence-corrected chi connectivity index (χ4v) is 5.73. The minimum absolute atomic E-state index is 0. The fourth-order valence-electron chi connectivity index (χ4n) is 4.30. The Morgan fingerprint density at radius 2 is 1.69 bits per heavy atom. The van der Waals surface area contributed by atoms with E-state index in [-0.39, 0.29) is 31.8 Å². The summed E-state index contributed by atoms with van der Waals surface area (Å²) >= 11 is 6.17. The van der Waals surface area contributed by atoms with Gasteiger partial charge in [-0.25, -0.2) is 12.8 Å². The molecule has 5 rings (SSSR count). The van der Waals surface area contributed by atoms with Crippen molar-refractivity contribution in [2.75, 3.05) is 7.11 Å². The van der Waals surface area contributed by atoms with Gasteiger partial charge >= 0.3 is 0 Å². The largest absolute Gasteiger partial charge is 0.495 e. The summed E-state index contributed by atoms with van der Waals surface area (Å²) in [5.41, 5.74) is 3.76. The molecule has 0 amide bonds. The smallest absolute Gasteiger partial charge is 0.255 e. The van der Waals surface area contributed by atoms with Gasteiger partial charge in [0.25, 0.3) is 5.56 Å². The molecule has 0 aliphatic rings. The summed E-state index contributed by atoms with van der Waals surface area (Å²) in [6.45, 7) is 1.93. The molecule has 0 aliphatic carbocycles. The Kier molecular flexibility index (Phi) is 8.21. The highest BCUT2D eigenvalue weighted by molar-refractivity contribution is 7.90. The third-order valence-corrected chi connectivity index (χ3v) is 8.34. The van der Waals surface area contributed by atoms with E-state index < -0.39 is 15.7 Å². The molecule has 0 saturated heterocycles. The SMILES string of the molecule is COc1cc(-c2ccc(Cl)c(C)c2)ccc1-n1c(=O)ccc2cc(S(=O)(=O)Cc3ccc(F)cn3)ccc21.P. The lowest BCUT2D eigenvalue weighted by Crippen LogP contribution is -2.18. The normalized spacial score (nSPS) is 11.3. The second kappa shape index (κ2) is 11.3. The lowest BCUT2D eigenvalue weighted by molar-refractivity contribution is 0.413. The minimum atomic E-state index is -3.77. The van der Waals surface area contributed by atoms with Gasteiger partial charge in [-0.2, -0.15) is 9.90 Å². The van der Waals surface area contributed by atoms with E-state index in [1.165, 1.54) is 42.0 Å². The number of hydrogen-bond acceptors (Lipinski definition) is 5. The van der Waals surface area contributed by atoms with Crippen LogP contribution in [0.5, 0.6) is 5.75 Å². The van der Waals surface area contributed by atoms with Crippen molar-refractivity contribution in [3.05, 3.63) is 118 Å². The van der Waals surface area contributed by atoms with Crippen molar-refractivity contribution in [3.63, 3.8) is 0 Å². The zero-order chi connectivity index (χ0) is 27.0. The van der Waals surface area contributed by atoms with Gasteiger partial charge < -0.3 is 4.74 Å². The first-order valence-corrected chi connectivity index (χ1v) is 13.6. The van der Waals surface area contributed by atoms with Gasteiger partial charge in [0, 0.05) is 16.5 Å². The molecule has 10 heteroatoms. The van der Waals surface area contributed by atoms with Crippen molar-refractivity contribution in [3.8, 4) is 22.6 Å². The van der Waals surface area contributed by atoms with E-state index >= 15 is 0 Å². The Morgan fingerprint density at radius 1 is 0.949 bits per heavy atom. The Morgan fingerprint density at radius 3 is 2.38 bits per heavy atom. The first-order valence-electron chi connectivity index (χ1n) is 11.6. The summed E-state index contributed by atoms with van der Waals surface area (Å²) in [6, 6.07) is 21.3. The number of methoxy groups -OCH3 is 1. The van der Waals surface area contributed by atoms with Crippen LogP contribution in [0.4, 0.5) is 4.39 Å². The quantitative estimate of drug-likeness (QED) is 0.223. The van der Waals surface area contributed by atoms with E-state index in [9.17, 15) is 17.6 Å². The van der Waals surface area contributed by atoms with Gasteiger partial charge in [0.1, 0.15) is 11.6 Å². The Labute approximate surface area is 233 Å². The number of hydrogen-bond donors (Lipinski definition) is 0. The molecule has 39 heavy (non-hydrogen) atoms. The maximum atomic E-state index is 13.2. The molecule has 3 aromatic carbocycles. The molecule has 0 fully saturated rings. The van der Waals surface area contributed by atoms with Crippen LogP contribution in [0.15, 0.2) is 94.7 Å². The van der Waals surface area contributed by atoms with Gasteiger partial charge in [0.2, 0.25) is 0 Å². The first-order chi connectivity index (χ1) is 18.2. The average Bonchev–Trinajstić information content (AvgIpc) is 2.91. The van der Waals surface area contributed by atoms with Crippen LogP contribution >= 0.6 is 21.5 Å². The number of aryl methyl sites for hydroxylation is 1. The standard InChI is InChI=1S/C29H22ClFN2O4S.H3P/c1-18-13-19(3-9-25(18)30)20-4-10-27(28(15-20)37-2)33-26-11-8-24(14-21(26)5-12-29(33)34)38(35,36)17-23-7-6-22(31)16-32-23;/h3-16H,17H2,1-2H3;1H3. The third-order valence-electron chi connectivity index (χ3n) is 6.26. The number of rotatable bonds is 6. The van der Waals surface area contributed by atoms with E-state index in [2.05, 4.69) is 4.98 Å². The van der Waals surface area contributed by atoms with E-state index in [0.29, 0.717) is 27.4 Å². The predicted octanol–water partition coefficient (Wildman–Crippen LogP) is 6.19. The maximum Gasteiger partial charge on any atom is 0.255 e. The van der Waals surface area contributed by atoms with Gasteiger partial charge in [-0.15, -0.1) is 0 Å². The van der Waals surface area contributed by atoms with E-state index in [0.717, 1.165) is 22.9 Å². The second-order valence-electron chi connectivity index (χ2n) is 8.81. The molecule has 0 saturated carbocycles. The van der Waals surface area contributed by atoms with Crippen LogP contribution in [-0.4, -0.2) is 25.1 Å². The molecule has 2 heterocycles. The minimum Gasteiger partial charge on any atom is -0.495 e. The molecule has 0 bridgehead atoms. The Bertz CT molecular complexity index is 1860. The van der Waals surface area contributed by atoms with Crippen LogP contribution < -0.4 is 10.3 Å². The Balaban J connectivity index is 0.00000353. The average molecular weight is 583 g/mol. The molecule has 6 nitrogen and oxygen atoms in total. The zero-order valence-electron chi connectivity index (χ0n) is 21.2. The van der Waals surface area contributed by atoms with Gasteiger partial charge in [-0.3, -0.25) is 14.3 Å². The summed E-state index contributed by atoms with van der Waals surface area (Å²) in [7, 11) is -2.24.